The van der Waals surface area contributed by atoms with Crippen LogP contribution in [-0.4, -0.2) is 83.6 Å². The molecule has 0 unspecified atom stereocenters. The third-order valence-corrected chi connectivity index (χ3v) is 9.17. The Labute approximate surface area is 302 Å². The summed E-state index contributed by atoms with van der Waals surface area (Å²) < 4.78 is 34.4. The van der Waals surface area contributed by atoms with Gasteiger partial charge >= 0.3 is 12.6 Å². The summed E-state index contributed by atoms with van der Waals surface area (Å²) in [6.07, 6.45) is 5.67. The monoisotopic (exact) mass is 715 g/mol. The number of guanidine groups is 1. The molecule has 2 fully saturated rings. The first kappa shape index (κ1) is 36.1. The summed E-state index contributed by atoms with van der Waals surface area (Å²) in [4.78, 5) is 33.5. The zero-order valence-corrected chi connectivity index (χ0v) is 30.1. The van der Waals surface area contributed by atoms with Crippen molar-refractivity contribution >= 4 is 53.1 Å². The molecule has 51 heavy (non-hydrogen) atoms. The fourth-order valence-corrected chi connectivity index (χ4v) is 6.42. The van der Waals surface area contributed by atoms with Gasteiger partial charge in [0.2, 0.25) is 0 Å². The number of carbonyl (C=O) groups excluding carboxylic acids is 2. The van der Waals surface area contributed by atoms with E-state index in [-0.39, 0.29) is 23.8 Å². The molecule has 2 aliphatic rings. The number of rotatable bonds is 11. The van der Waals surface area contributed by atoms with Gasteiger partial charge in [0.05, 0.1) is 17.3 Å². The molecule has 1 aliphatic heterocycles. The minimum Gasteiger partial charge on any atom is -0.447 e. The molecule has 2 atom stereocenters. The van der Waals surface area contributed by atoms with Crippen LogP contribution in [0.4, 0.5) is 13.6 Å². The molecule has 0 radical (unpaired) electrons. The van der Waals surface area contributed by atoms with Crippen LogP contribution in [-0.2, 0) is 20.3 Å². The van der Waals surface area contributed by atoms with Crippen LogP contribution in [0.2, 0.25) is 5.02 Å². The van der Waals surface area contributed by atoms with Gasteiger partial charge in [-0.1, -0.05) is 62.7 Å². The third kappa shape index (κ3) is 7.68. The van der Waals surface area contributed by atoms with E-state index in [9.17, 15) is 23.8 Å². The third-order valence-electron chi connectivity index (χ3n) is 8.84. The first-order chi connectivity index (χ1) is 23.9. The van der Waals surface area contributed by atoms with Crippen LogP contribution < -0.4 is 10.6 Å². The summed E-state index contributed by atoms with van der Waals surface area (Å²) in [5.41, 5.74) is 1.02. The topological polar surface area (TPSA) is 143 Å². The van der Waals surface area contributed by atoms with Crippen LogP contribution in [0.25, 0.3) is 22.5 Å². The summed E-state index contributed by atoms with van der Waals surface area (Å²) >= 11 is 6.68. The van der Waals surface area contributed by atoms with Crippen molar-refractivity contribution < 1.29 is 23.1 Å². The van der Waals surface area contributed by atoms with Crippen molar-refractivity contribution in [3.05, 3.63) is 77.3 Å². The first-order valence-electron chi connectivity index (χ1n) is 16.7. The van der Waals surface area contributed by atoms with E-state index in [1.165, 1.54) is 17.3 Å². The molecule has 6 rings (SSSR count). The molecule has 18 heteroatoms. The molecule has 3 heterocycles. The van der Waals surface area contributed by atoms with Crippen LogP contribution in [0.15, 0.2) is 61.2 Å². The molecule has 0 spiro atoms. The number of hydrogen-bond acceptors (Lipinski definition) is 7. The fraction of sp³-hybridized carbons (Fsp3) is 0.394. The summed E-state index contributed by atoms with van der Waals surface area (Å²) in [6.45, 7) is 2.98. The van der Waals surface area contributed by atoms with Gasteiger partial charge in [0.1, 0.15) is 42.0 Å². The number of halogens is 3. The van der Waals surface area contributed by atoms with Crippen molar-refractivity contribution in [3.8, 4) is 22.5 Å². The SMILES string of the molecule is BC(B)(B)n1cnc(-c2cc([C@@H](COC(=O)NC3CC3)N3C(=N)N[C@](CC(C)(C)C)(c4ccc(-c5cnn(C(F)F)c5)cc4)C3=O)ccc2Cl)n1. The molecule has 2 aromatic heterocycles. The molecular weight excluding hydrogens is 676 g/mol. The van der Waals surface area contributed by atoms with Gasteiger partial charge in [-0.15, -0.1) is 0 Å². The molecule has 264 valence electrons. The van der Waals surface area contributed by atoms with Crippen LogP contribution in [0, 0.1) is 10.8 Å². The second-order valence-electron chi connectivity index (χ2n) is 15.3. The number of nitrogens with one attached hydrogen (secondary N) is 3. The lowest BCUT2D eigenvalue weighted by atomic mass is 9.49. The lowest BCUT2D eigenvalue weighted by Gasteiger charge is -2.35. The van der Waals surface area contributed by atoms with Crippen LogP contribution >= 0.6 is 11.6 Å². The maximum Gasteiger partial charge on any atom is 0.407 e. The summed E-state index contributed by atoms with van der Waals surface area (Å²) in [5.74, 6) is -0.206. The van der Waals surface area contributed by atoms with Crippen molar-refractivity contribution in [1.29, 1.82) is 5.41 Å². The van der Waals surface area contributed by atoms with E-state index < -0.39 is 35.5 Å². The Bertz CT molecular complexity index is 1960. The minimum atomic E-state index is -2.77. The van der Waals surface area contributed by atoms with E-state index in [0.717, 1.165) is 12.8 Å². The zero-order chi connectivity index (χ0) is 36.9. The van der Waals surface area contributed by atoms with E-state index in [4.69, 9.17) is 16.3 Å². The van der Waals surface area contributed by atoms with E-state index in [1.807, 2.05) is 44.3 Å². The molecular formula is C33H39B3ClF2N9O3. The number of hydrogen-bond donors (Lipinski definition) is 3. The number of ether oxygens (including phenoxy) is 1. The highest BCUT2D eigenvalue weighted by molar-refractivity contribution is 6.56. The van der Waals surface area contributed by atoms with Gasteiger partial charge in [-0.2, -0.15) is 19.0 Å². The van der Waals surface area contributed by atoms with Gasteiger partial charge in [0.25, 0.3) is 5.91 Å². The largest absolute Gasteiger partial charge is 0.447 e. The van der Waals surface area contributed by atoms with Crippen molar-refractivity contribution in [2.75, 3.05) is 6.61 Å². The van der Waals surface area contributed by atoms with Gasteiger partial charge in [0.15, 0.2) is 11.8 Å². The number of benzene rings is 2. The molecule has 12 nitrogen and oxygen atoms in total. The Hall–Kier alpha value is -4.66. The highest BCUT2D eigenvalue weighted by atomic mass is 35.5. The summed E-state index contributed by atoms with van der Waals surface area (Å²) in [5, 5.41) is 23.7. The molecule has 2 aromatic carbocycles. The van der Waals surface area contributed by atoms with Gasteiger partial charge in [-0.05, 0) is 58.7 Å². The van der Waals surface area contributed by atoms with Crippen molar-refractivity contribution in [2.24, 2.45) is 5.41 Å². The molecule has 0 bridgehead atoms. The van der Waals surface area contributed by atoms with Crippen LogP contribution in [0.5, 0.6) is 0 Å². The van der Waals surface area contributed by atoms with E-state index in [2.05, 4.69) is 25.8 Å². The molecule has 2 amide bonds. The van der Waals surface area contributed by atoms with E-state index >= 15 is 0 Å². The summed E-state index contributed by atoms with van der Waals surface area (Å²) in [7, 11) is 6.00. The predicted molar refractivity (Wildman–Crippen MR) is 197 cm³/mol. The quantitative estimate of drug-likeness (QED) is 0.203. The van der Waals surface area contributed by atoms with Crippen molar-refractivity contribution in [3.63, 3.8) is 0 Å². The summed E-state index contributed by atoms with van der Waals surface area (Å²) in [6, 6.07) is 11.3. The Balaban J connectivity index is 1.39. The number of amides is 2. The Morgan fingerprint density at radius 2 is 1.86 bits per heavy atom. The van der Waals surface area contributed by atoms with E-state index in [0.29, 0.717) is 49.8 Å². The molecule has 3 N–H and O–H groups in total. The maximum absolute atomic E-state index is 14.9. The average molecular weight is 716 g/mol. The Morgan fingerprint density at radius 3 is 2.45 bits per heavy atom. The Kier molecular flexibility index (Phi) is 9.55. The minimum absolute atomic E-state index is 0.0580. The van der Waals surface area contributed by atoms with Gasteiger partial charge < -0.3 is 15.4 Å². The molecule has 4 aromatic rings. The van der Waals surface area contributed by atoms with E-state index in [1.54, 1.807) is 53.5 Å². The van der Waals surface area contributed by atoms with Gasteiger partial charge in [-0.25, -0.2) is 14.5 Å². The fourth-order valence-electron chi connectivity index (χ4n) is 6.22. The Morgan fingerprint density at radius 1 is 1.16 bits per heavy atom. The zero-order valence-electron chi connectivity index (χ0n) is 29.4. The first-order valence-corrected chi connectivity index (χ1v) is 17.1. The smallest absolute Gasteiger partial charge is 0.407 e. The number of carbonyl (C=O) groups is 2. The highest BCUT2D eigenvalue weighted by Crippen LogP contribution is 2.43. The number of alkyl halides is 2. The normalized spacial score (nSPS) is 18.6. The number of alkyl carbamates (subject to hydrolysis) is 1. The lowest BCUT2D eigenvalue weighted by Crippen LogP contribution is -2.47. The van der Waals surface area contributed by atoms with Gasteiger partial charge in [0, 0.05) is 23.4 Å². The van der Waals surface area contributed by atoms with Crippen LogP contribution in [0.3, 0.4) is 0 Å². The van der Waals surface area contributed by atoms with Crippen molar-refractivity contribution in [1.82, 2.24) is 40.1 Å². The maximum atomic E-state index is 14.9. The molecule has 1 aliphatic carbocycles. The van der Waals surface area contributed by atoms with Crippen LogP contribution in [0.1, 0.15) is 63.8 Å². The highest BCUT2D eigenvalue weighted by Gasteiger charge is 2.54. The average Bonchev–Trinajstić information content (AvgIpc) is 3.42. The van der Waals surface area contributed by atoms with Crippen molar-refractivity contribution in [2.45, 2.75) is 69.4 Å². The second-order valence-corrected chi connectivity index (χ2v) is 15.7. The number of aromatic nitrogens is 5. The predicted octanol–water partition coefficient (Wildman–Crippen LogP) is 2.95. The molecule has 1 saturated carbocycles. The number of nitrogens with zero attached hydrogens (tertiary/aromatic N) is 6. The lowest BCUT2D eigenvalue weighted by molar-refractivity contribution is -0.134. The standard InChI is InChI=1S/C33H39B3ClF2N9O3/c1-31(2,3)16-32(21-7-4-18(5-8-21)20-13-42-46(14-20)28(38)39)27(49)48(29(40)44-32)25(15-51-30(50)43-22-9-10-22)19-6-11-24(37)23(12-19)26-41-17-47(45-26)33(34,35)36/h4-8,11-14,17,22,25,28H,9-10,15-16,34-36H2,1-3H3,(H2,40,44)(H,43,50)/t25-,32-/m1/s1. The second kappa shape index (κ2) is 13.5. The molecule has 1 saturated heterocycles. The van der Waals surface area contributed by atoms with Gasteiger partial charge in [-0.3, -0.25) is 19.8 Å².